The molecule has 2 aromatic rings. The van der Waals surface area contributed by atoms with Crippen molar-refractivity contribution >= 4 is 52.0 Å². The van der Waals surface area contributed by atoms with E-state index in [0.29, 0.717) is 34.6 Å². The van der Waals surface area contributed by atoms with E-state index in [-0.39, 0.29) is 42.9 Å². The van der Waals surface area contributed by atoms with Gasteiger partial charge in [0.15, 0.2) is 5.75 Å². The summed E-state index contributed by atoms with van der Waals surface area (Å²) in [7, 11) is 0. The minimum absolute atomic E-state index is 0.0123. The Labute approximate surface area is 216 Å². The number of hydrogen-bond acceptors (Lipinski definition) is 7. The molecule has 196 valence electrons. The molecule has 1 aliphatic heterocycles. The Morgan fingerprint density at radius 3 is 2.61 bits per heavy atom. The lowest BCUT2D eigenvalue weighted by Gasteiger charge is -2.29. The number of amides is 3. The van der Waals surface area contributed by atoms with Crippen molar-refractivity contribution in [2.45, 2.75) is 26.5 Å². The summed E-state index contributed by atoms with van der Waals surface area (Å²) >= 11 is 7.01. The van der Waals surface area contributed by atoms with E-state index >= 15 is 0 Å². The van der Waals surface area contributed by atoms with Crippen LogP contribution in [0.15, 0.2) is 30.3 Å². The molecule has 0 unspecified atom stereocenters. The van der Waals surface area contributed by atoms with Crippen LogP contribution in [0.1, 0.15) is 23.5 Å². The predicted octanol–water partition coefficient (Wildman–Crippen LogP) is 3.45. The summed E-state index contributed by atoms with van der Waals surface area (Å²) in [5, 5.41) is 5.37. The molecule has 3 amide bonds. The number of alkyl halides is 2. The number of ether oxygens (including phenoxy) is 2. The van der Waals surface area contributed by atoms with E-state index in [1.807, 2.05) is 18.7 Å². The summed E-state index contributed by atoms with van der Waals surface area (Å²) in [6.07, 6.45) is 0. The highest BCUT2D eigenvalue weighted by molar-refractivity contribution is 7.18. The highest BCUT2D eigenvalue weighted by Gasteiger charge is 2.27. The molecule has 2 heterocycles. The number of nitrogens with zero attached hydrogens (tertiary/aromatic N) is 2. The average Bonchev–Trinajstić information content (AvgIpc) is 3.29. The first kappa shape index (κ1) is 27.8. The summed E-state index contributed by atoms with van der Waals surface area (Å²) in [6.45, 7) is 2.04. The average molecular weight is 545 g/mol. The van der Waals surface area contributed by atoms with Crippen LogP contribution in [0, 0.1) is 0 Å². The van der Waals surface area contributed by atoms with Gasteiger partial charge in [-0.15, -0.1) is 11.3 Å². The molecule has 9 nitrogen and oxygen atoms in total. The highest BCUT2D eigenvalue weighted by Crippen LogP contribution is 2.32. The van der Waals surface area contributed by atoms with E-state index in [0.717, 1.165) is 11.3 Å². The molecule has 0 bridgehead atoms. The van der Waals surface area contributed by atoms with Crippen molar-refractivity contribution in [2.24, 2.45) is 0 Å². The number of hydrogen-bond donors (Lipinski definition) is 2. The maximum Gasteiger partial charge on any atom is 0.387 e. The fraction of sp³-hybridized carbons (Fsp3) is 0.435. The first-order valence-electron chi connectivity index (χ1n) is 11.3. The Hall–Kier alpha value is -2.80. The summed E-state index contributed by atoms with van der Waals surface area (Å²) in [4.78, 5) is 41.5. The van der Waals surface area contributed by atoms with E-state index < -0.39 is 18.6 Å². The third kappa shape index (κ3) is 7.12. The quantitative estimate of drug-likeness (QED) is 0.449. The third-order valence-electron chi connectivity index (χ3n) is 5.55. The maximum absolute atomic E-state index is 13.3. The zero-order valence-electron chi connectivity index (χ0n) is 19.8. The van der Waals surface area contributed by atoms with Crippen LogP contribution in [0.25, 0.3) is 0 Å². The number of thiophene rings is 1. The minimum atomic E-state index is -3.15. The molecule has 1 atom stereocenters. The van der Waals surface area contributed by atoms with Gasteiger partial charge in [0.25, 0.3) is 11.8 Å². The number of morpholine rings is 1. The molecule has 1 saturated heterocycles. The fourth-order valence-corrected chi connectivity index (χ4v) is 4.71. The summed E-state index contributed by atoms with van der Waals surface area (Å²) in [5.74, 6) is -1.49. The molecule has 0 saturated carbocycles. The van der Waals surface area contributed by atoms with Crippen LogP contribution in [0.4, 0.5) is 20.2 Å². The number of carbonyl (C=O) groups excluding carboxylic acids is 3. The van der Waals surface area contributed by atoms with Crippen molar-refractivity contribution in [3.63, 3.8) is 0 Å². The van der Waals surface area contributed by atoms with Gasteiger partial charge in [-0.05, 0) is 37.4 Å². The lowest BCUT2D eigenvalue weighted by Crippen LogP contribution is -2.50. The van der Waals surface area contributed by atoms with Crippen molar-refractivity contribution in [1.82, 2.24) is 10.2 Å². The Kier molecular flexibility index (Phi) is 9.99. The first-order chi connectivity index (χ1) is 17.2. The molecule has 0 radical (unpaired) electrons. The molecule has 1 aromatic heterocycles. The smallest absolute Gasteiger partial charge is 0.387 e. The molecule has 1 aliphatic rings. The van der Waals surface area contributed by atoms with Crippen LogP contribution in [0.2, 0.25) is 4.34 Å². The van der Waals surface area contributed by atoms with Crippen LogP contribution in [0.5, 0.6) is 5.75 Å². The topological polar surface area (TPSA) is 100 Å². The summed E-state index contributed by atoms with van der Waals surface area (Å²) in [5.41, 5.74) is 0.359. The van der Waals surface area contributed by atoms with E-state index in [4.69, 9.17) is 16.3 Å². The Morgan fingerprint density at radius 1 is 1.25 bits per heavy atom. The maximum atomic E-state index is 13.3. The molecule has 1 aromatic carbocycles. The van der Waals surface area contributed by atoms with Gasteiger partial charge in [-0.3, -0.25) is 19.3 Å². The van der Waals surface area contributed by atoms with Crippen LogP contribution in [-0.2, 0) is 14.3 Å². The van der Waals surface area contributed by atoms with Crippen molar-refractivity contribution in [2.75, 3.05) is 49.6 Å². The molecule has 1 fully saturated rings. The number of rotatable bonds is 11. The number of halogens is 3. The molecule has 2 N–H and O–H groups in total. The molecule has 0 spiro atoms. The highest BCUT2D eigenvalue weighted by atomic mass is 35.5. The van der Waals surface area contributed by atoms with Crippen LogP contribution in [-0.4, -0.2) is 74.7 Å². The van der Waals surface area contributed by atoms with Crippen molar-refractivity contribution in [3.05, 3.63) is 39.5 Å². The normalized spacial score (nSPS) is 14.8. The number of carbonyl (C=O) groups is 3. The lowest BCUT2D eigenvalue weighted by molar-refractivity contribution is -0.125. The van der Waals surface area contributed by atoms with E-state index in [1.54, 1.807) is 12.1 Å². The van der Waals surface area contributed by atoms with Crippen LogP contribution >= 0.6 is 22.9 Å². The van der Waals surface area contributed by atoms with Crippen molar-refractivity contribution < 1.29 is 32.6 Å². The van der Waals surface area contributed by atoms with E-state index in [1.165, 1.54) is 23.1 Å². The molecule has 0 aliphatic carbocycles. The number of anilines is 2. The van der Waals surface area contributed by atoms with Crippen molar-refractivity contribution in [1.29, 1.82) is 0 Å². The van der Waals surface area contributed by atoms with Gasteiger partial charge >= 0.3 is 6.61 Å². The predicted molar refractivity (Wildman–Crippen MR) is 133 cm³/mol. The Bertz CT molecular complexity index is 1080. The second-order valence-electron chi connectivity index (χ2n) is 7.70. The SMILES string of the molecule is CCN(CC)[C@H](CNC(=O)c1ccc(Cl)s1)C(=O)Nc1ccc(N2CCOCC2=O)cc1OC(F)F. The minimum Gasteiger partial charge on any atom is -0.433 e. The zero-order valence-corrected chi connectivity index (χ0v) is 21.3. The van der Waals surface area contributed by atoms with Crippen LogP contribution < -0.4 is 20.3 Å². The van der Waals surface area contributed by atoms with Gasteiger partial charge < -0.3 is 25.0 Å². The molecule has 13 heteroatoms. The fourth-order valence-electron chi connectivity index (χ4n) is 3.75. The Morgan fingerprint density at radius 2 is 2.00 bits per heavy atom. The largest absolute Gasteiger partial charge is 0.433 e. The van der Waals surface area contributed by atoms with E-state index in [2.05, 4.69) is 15.4 Å². The monoisotopic (exact) mass is 544 g/mol. The standard InChI is InChI=1S/C23H27ClF2N4O5S/c1-3-29(4-2)16(12-27-22(33)18-7-8-19(24)36-18)21(32)28-15-6-5-14(11-17(15)35-23(25)26)30-9-10-34-13-20(30)31/h5-8,11,16,23H,3-4,9-10,12-13H2,1-2H3,(H,27,33)(H,28,32)/t16-/m1/s1. The molecular formula is C23H27ClF2N4O5S. The van der Waals surface area contributed by atoms with Crippen molar-refractivity contribution in [3.8, 4) is 5.75 Å². The second-order valence-corrected chi connectivity index (χ2v) is 9.41. The van der Waals surface area contributed by atoms with Gasteiger partial charge in [0.2, 0.25) is 5.91 Å². The Balaban J connectivity index is 1.80. The van der Waals surface area contributed by atoms with Gasteiger partial charge in [0, 0.05) is 24.8 Å². The van der Waals surface area contributed by atoms with Gasteiger partial charge in [0.1, 0.15) is 12.6 Å². The summed E-state index contributed by atoms with van der Waals surface area (Å²) < 4.78 is 36.5. The van der Waals surface area contributed by atoms with E-state index in [9.17, 15) is 23.2 Å². The van der Waals surface area contributed by atoms with Gasteiger partial charge in [-0.25, -0.2) is 0 Å². The van der Waals surface area contributed by atoms with Gasteiger partial charge in [-0.1, -0.05) is 25.4 Å². The molecular weight excluding hydrogens is 518 g/mol. The number of likely N-dealkylation sites (N-methyl/N-ethyl adjacent to an activating group) is 1. The van der Waals surface area contributed by atoms with Gasteiger partial charge in [0.05, 0.1) is 21.5 Å². The number of nitrogens with one attached hydrogen (secondary N) is 2. The first-order valence-corrected chi connectivity index (χ1v) is 12.5. The van der Waals surface area contributed by atoms with Crippen LogP contribution in [0.3, 0.4) is 0 Å². The lowest BCUT2D eigenvalue weighted by atomic mass is 10.2. The number of benzene rings is 1. The van der Waals surface area contributed by atoms with Gasteiger partial charge in [-0.2, -0.15) is 8.78 Å². The third-order valence-corrected chi connectivity index (χ3v) is 6.78. The molecule has 36 heavy (non-hydrogen) atoms. The summed E-state index contributed by atoms with van der Waals surface area (Å²) in [6, 6.07) is 6.61. The molecule has 3 rings (SSSR count). The second kappa shape index (κ2) is 12.9. The zero-order chi connectivity index (χ0) is 26.2.